The highest BCUT2D eigenvalue weighted by atomic mass is 35.5. The lowest BCUT2D eigenvalue weighted by Crippen LogP contribution is -2.22. The van der Waals surface area contributed by atoms with Gasteiger partial charge in [-0.3, -0.25) is 0 Å². The van der Waals surface area contributed by atoms with Crippen LogP contribution in [-0.2, 0) is 5.41 Å². The molecule has 0 unspecified atom stereocenters. The number of hydrogen-bond acceptors (Lipinski definition) is 4. The van der Waals surface area contributed by atoms with Crippen molar-refractivity contribution in [2.24, 2.45) is 0 Å². The highest BCUT2D eigenvalue weighted by molar-refractivity contribution is 6.31. The molecule has 0 atom stereocenters. The molecule has 4 rings (SSSR count). The van der Waals surface area contributed by atoms with E-state index in [-0.39, 0.29) is 28.5 Å². The maximum absolute atomic E-state index is 14.8. The van der Waals surface area contributed by atoms with Crippen molar-refractivity contribution in [1.82, 2.24) is 4.57 Å². The molecule has 0 bridgehead atoms. The van der Waals surface area contributed by atoms with Crippen molar-refractivity contribution < 1.29 is 28.5 Å². The fourth-order valence-corrected chi connectivity index (χ4v) is 4.67. The molecule has 4 aromatic rings. The Hall–Kier alpha value is -4.09. The van der Waals surface area contributed by atoms with E-state index in [1.54, 1.807) is 10.6 Å². The number of nitrogens with zero attached hydrogens (tertiary/aromatic N) is 2. The lowest BCUT2D eigenvalue weighted by Gasteiger charge is -2.27. The van der Waals surface area contributed by atoms with E-state index in [0.717, 1.165) is 12.1 Å². The SMILES string of the molecule is COc1cc(-n2c(C(C)(C)CC#N)c(-c3ccc(C(=O)O)c(F)c3)c3c(O)cc(Cl)cc32)ccc1F. The van der Waals surface area contributed by atoms with Crippen LogP contribution in [-0.4, -0.2) is 27.9 Å². The predicted molar refractivity (Wildman–Crippen MR) is 132 cm³/mol. The number of aromatic hydroxyl groups is 1. The van der Waals surface area contributed by atoms with Crippen molar-refractivity contribution in [3.8, 4) is 34.4 Å². The maximum atomic E-state index is 14.8. The molecule has 0 amide bonds. The summed E-state index contributed by atoms with van der Waals surface area (Å²) in [6.45, 7) is 3.62. The van der Waals surface area contributed by atoms with Gasteiger partial charge < -0.3 is 19.5 Å². The fraction of sp³-hybridized carbons (Fsp3) is 0.185. The predicted octanol–water partition coefficient (Wildman–Crippen LogP) is 6.83. The minimum atomic E-state index is -1.42. The van der Waals surface area contributed by atoms with E-state index in [2.05, 4.69) is 6.07 Å². The van der Waals surface area contributed by atoms with E-state index >= 15 is 0 Å². The Balaban J connectivity index is 2.23. The van der Waals surface area contributed by atoms with Gasteiger partial charge in [0, 0.05) is 39.9 Å². The molecule has 2 N–H and O–H groups in total. The summed E-state index contributed by atoms with van der Waals surface area (Å²) in [7, 11) is 1.33. The first-order chi connectivity index (χ1) is 17.0. The van der Waals surface area contributed by atoms with E-state index in [9.17, 15) is 29.1 Å². The summed E-state index contributed by atoms with van der Waals surface area (Å²) < 4.78 is 36.0. The van der Waals surface area contributed by atoms with Gasteiger partial charge in [0.15, 0.2) is 11.6 Å². The van der Waals surface area contributed by atoms with Crippen molar-refractivity contribution >= 4 is 28.5 Å². The number of hydrogen-bond donors (Lipinski definition) is 2. The third-order valence-electron chi connectivity index (χ3n) is 6.06. The van der Waals surface area contributed by atoms with E-state index in [1.807, 2.05) is 13.8 Å². The van der Waals surface area contributed by atoms with Crippen molar-refractivity contribution in [3.63, 3.8) is 0 Å². The molecular weight excluding hydrogens is 490 g/mol. The van der Waals surface area contributed by atoms with Gasteiger partial charge in [-0.15, -0.1) is 0 Å². The Morgan fingerprint density at radius 2 is 1.86 bits per heavy atom. The summed E-state index contributed by atoms with van der Waals surface area (Å²) in [5.74, 6) is -3.18. The molecule has 0 radical (unpaired) electrons. The maximum Gasteiger partial charge on any atom is 0.338 e. The molecule has 0 aliphatic heterocycles. The molecule has 6 nitrogen and oxygen atoms in total. The highest BCUT2D eigenvalue weighted by Crippen LogP contribution is 2.48. The second-order valence-corrected chi connectivity index (χ2v) is 9.35. The second-order valence-electron chi connectivity index (χ2n) is 8.92. The van der Waals surface area contributed by atoms with Gasteiger partial charge in [-0.2, -0.15) is 5.26 Å². The number of carboxylic acids is 1. The van der Waals surface area contributed by atoms with Gasteiger partial charge in [0.25, 0.3) is 0 Å². The first kappa shape index (κ1) is 25.0. The summed E-state index contributed by atoms with van der Waals surface area (Å²) >= 11 is 6.30. The van der Waals surface area contributed by atoms with Crippen LogP contribution in [0.5, 0.6) is 11.5 Å². The topological polar surface area (TPSA) is 95.5 Å². The standard InChI is InChI=1S/C27H21ClF2N2O4/c1-27(2,8-9-31)25-23(14-4-6-17(26(34)35)19(30)10-14)24-20(11-15(28)12-21(24)33)32(25)16-5-7-18(29)22(13-16)36-3/h4-7,10-13,33H,8H2,1-3H3,(H,34,35). The molecular formula is C27H21ClF2N2O4. The normalized spacial score (nSPS) is 11.5. The molecule has 0 aliphatic carbocycles. The van der Waals surface area contributed by atoms with Gasteiger partial charge in [-0.25, -0.2) is 13.6 Å². The van der Waals surface area contributed by atoms with E-state index in [1.165, 1.54) is 37.4 Å². The molecule has 1 aromatic heterocycles. The Bertz CT molecular complexity index is 1570. The zero-order valence-corrected chi connectivity index (χ0v) is 20.3. The average Bonchev–Trinajstić information content (AvgIpc) is 3.15. The quantitative estimate of drug-likeness (QED) is 0.296. The van der Waals surface area contributed by atoms with Crippen molar-refractivity contribution in [1.29, 1.82) is 5.26 Å². The van der Waals surface area contributed by atoms with Gasteiger partial charge in [0.2, 0.25) is 0 Å². The lowest BCUT2D eigenvalue weighted by molar-refractivity contribution is 0.0692. The number of halogens is 3. The number of phenols is 1. The van der Waals surface area contributed by atoms with Crippen LogP contribution >= 0.6 is 11.6 Å². The number of aromatic nitrogens is 1. The monoisotopic (exact) mass is 510 g/mol. The summed E-state index contributed by atoms with van der Waals surface area (Å²) in [6, 6.07) is 13.0. The Morgan fingerprint density at radius 3 is 2.47 bits per heavy atom. The first-order valence-corrected chi connectivity index (χ1v) is 11.2. The molecule has 3 aromatic carbocycles. The number of methoxy groups -OCH3 is 1. The third kappa shape index (κ3) is 4.12. The smallest absolute Gasteiger partial charge is 0.338 e. The summed E-state index contributed by atoms with van der Waals surface area (Å²) in [4.78, 5) is 11.4. The van der Waals surface area contributed by atoms with Gasteiger partial charge in [0.05, 0.1) is 29.6 Å². The summed E-state index contributed by atoms with van der Waals surface area (Å²) in [5, 5.41) is 30.4. The molecule has 0 saturated heterocycles. The van der Waals surface area contributed by atoms with Crippen LogP contribution in [0.15, 0.2) is 48.5 Å². The lowest BCUT2D eigenvalue weighted by atomic mass is 9.81. The van der Waals surface area contributed by atoms with Crippen LogP contribution in [0.3, 0.4) is 0 Å². The van der Waals surface area contributed by atoms with Crippen LogP contribution < -0.4 is 4.74 Å². The van der Waals surface area contributed by atoms with Crippen LogP contribution in [0, 0.1) is 23.0 Å². The highest BCUT2D eigenvalue weighted by Gasteiger charge is 2.33. The Kier molecular flexibility index (Phi) is 6.37. The van der Waals surface area contributed by atoms with Crippen LogP contribution in [0.2, 0.25) is 5.02 Å². The van der Waals surface area contributed by atoms with E-state index in [0.29, 0.717) is 27.8 Å². The van der Waals surface area contributed by atoms with Gasteiger partial charge in [-0.05, 0) is 42.0 Å². The summed E-state index contributed by atoms with van der Waals surface area (Å²) in [5.41, 5.74) is 0.685. The van der Waals surface area contributed by atoms with Crippen molar-refractivity contribution in [3.05, 3.63) is 76.4 Å². The van der Waals surface area contributed by atoms with E-state index in [4.69, 9.17) is 16.3 Å². The number of ether oxygens (including phenoxy) is 1. The zero-order chi connectivity index (χ0) is 26.4. The number of phenolic OH excluding ortho intramolecular Hbond substituents is 1. The number of aromatic carboxylic acids is 1. The molecule has 36 heavy (non-hydrogen) atoms. The average molecular weight is 511 g/mol. The first-order valence-electron chi connectivity index (χ1n) is 10.8. The molecule has 0 aliphatic rings. The number of carboxylic acid groups (broad SMARTS) is 1. The molecule has 9 heteroatoms. The van der Waals surface area contributed by atoms with Gasteiger partial charge in [-0.1, -0.05) is 31.5 Å². The van der Waals surface area contributed by atoms with Crippen LogP contribution in [0.1, 0.15) is 36.3 Å². The molecule has 184 valence electrons. The largest absolute Gasteiger partial charge is 0.507 e. The molecule has 0 spiro atoms. The molecule has 1 heterocycles. The summed E-state index contributed by atoms with van der Waals surface area (Å²) in [6.07, 6.45) is 0.0405. The van der Waals surface area contributed by atoms with Crippen LogP contribution in [0.25, 0.3) is 27.7 Å². The zero-order valence-electron chi connectivity index (χ0n) is 19.6. The van der Waals surface area contributed by atoms with E-state index < -0.39 is 28.6 Å². The Labute approximate surface area is 210 Å². The molecule has 0 saturated carbocycles. The number of benzene rings is 3. The number of fused-ring (bicyclic) bond motifs is 1. The minimum absolute atomic E-state index is 0.0250. The van der Waals surface area contributed by atoms with Gasteiger partial charge in [0.1, 0.15) is 11.6 Å². The molecule has 0 fully saturated rings. The Morgan fingerprint density at radius 1 is 1.14 bits per heavy atom. The number of carbonyl (C=O) groups is 1. The van der Waals surface area contributed by atoms with Gasteiger partial charge >= 0.3 is 5.97 Å². The van der Waals surface area contributed by atoms with Crippen molar-refractivity contribution in [2.75, 3.05) is 7.11 Å². The second kappa shape index (κ2) is 9.17. The van der Waals surface area contributed by atoms with Crippen LogP contribution in [0.4, 0.5) is 8.78 Å². The number of rotatable bonds is 6. The minimum Gasteiger partial charge on any atom is -0.507 e. The van der Waals surface area contributed by atoms with Crippen molar-refractivity contribution in [2.45, 2.75) is 25.7 Å². The number of nitriles is 1. The third-order valence-corrected chi connectivity index (χ3v) is 6.27. The fourth-order valence-electron chi connectivity index (χ4n) is 4.46.